The summed E-state index contributed by atoms with van der Waals surface area (Å²) in [6.07, 6.45) is 2.15. The van der Waals surface area contributed by atoms with Gasteiger partial charge >= 0.3 is 5.97 Å². The maximum atomic E-state index is 12.7. The Morgan fingerprint density at radius 2 is 2.00 bits per heavy atom. The lowest BCUT2D eigenvalue weighted by atomic mass is 10.2. The number of nitrogens with one attached hydrogen (secondary N) is 2. The molecule has 0 aliphatic heterocycles. The first kappa shape index (κ1) is 22.8. The van der Waals surface area contributed by atoms with Gasteiger partial charge in [-0.25, -0.2) is 4.98 Å². The molecule has 2 aromatic heterocycles. The number of rotatable bonds is 12. The number of ether oxygens (including phenoxy) is 3. The zero-order valence-electron chi connectivity index (χ0n) is 17.5. The van der Waals surface area contributed by atoms with Crippen LogP contribution in [0.25, 0.3) is 11.4 Å². The lowest BCUT2D eigenvalue weighted by Crippen LogP contribution is -2.14. The highest BCUT2D eigenvalue weighted by Crippen LogP contribution is 2.29. The number of benzene rings is 1. The molecular weight excluding hydrogens is 416 g/mol. The Bertz CT molecular complexity index is 1040. The molecule has 0 atom stereocenters. The molecule has 0 saturated heterocycles. The number of H-pyrrole nitrogens is 1. The van der Waals surface area contributed by atoms with Gasteiger partial charge in [0.05, 0.1) is 30.8 Å². The molecule has 0 aliphatic rings. The van der Waals surface area contributed by atoms with Crippen LogP contribution in [0.4, 0.5) is 5.69 Å². The fourth-order valence-corrected chi connectivity index (χ4v) is 2.81. The molecule has 1 amide bonds. The van der Waals surface area contributed by atoms with E-state index in [1.54, 1.807) is 48.7 Å². The van der Waals surface area contributed by atoms with Crippen molar-refractivity contribution in [2.45, 2.75) is 12.8 Å². The molecule has 0 radical (unpaired) electrons. The standard InChI is InChI=1S/C22H24N4O6/c1-30-20-14-15(32-13-12-31-11-3-6-21(27)28)7-8-18(20)25-22(29)19-5-2-4-16(24-19)17-9-10-23-26-17/h2,4-5,7-10,14H,3,6,11-13H2,1H3,(H,23,26)(H,25,29)(H,27,28). The summed E-state index contributed by atoms with van der Waals surface area (Å²) in [6.45, 7) is 0.991. The number of hydrogen-bond donors (Lipinski definition) is 3. The molecule has 0 saturated carbocycles. The van der Waals surface area contributed by atoms with Crippen LogP contribution in [0.3, 0.4) is 0 Å². The molecule has 10 nitrogen and oxygen atoms in total. The second-order valence-corrected chi connectivity index (χ2v) is 6.65. The van der Waals surface area contributed by atoms with Gasteiger partial charge in [-0.3, -0.25) is 14.7 Å². The molecule has 0 spiro atoms. The molecule has 1 aromatic carbocycles. The Morgan fingerprint density at radius 1 is 1.12 bits per heavy atom. The van der Waals surface area contributed by atoms with Gasteiger partial charge in [0.2, 0.25) is 0 Å². The average molecular weight is 440 g/mol. The monoisotopic (exact) mass is 440 g/mol. The number of hydrogen-bond acceptors (Lipinski definition) is 7. The summed E-state index contributed by atoms with van der Waals surface area (Å²) in [4.78, 5) is 27.5. The Kier molecular flexibility index (Phi) is 8.15. The number of pyridine rings is 1. The van der Waals surface area contributed by atoms with Crippen molar-refractivity contribution in [3.63, 3.8) is 0 Å². The molecular formula is C22H24N4O6. The van der Waals surface area contributed by atoms with Crippen LogP contribution in [0.1, 0.15) is 23.3 Å². The van der Waals surface area contributed by atoms with Crippen molar-refractivity contribution in [1.29, 1.82) is 0 Å². The molecule has 32 heavy (non-hydrogen) atoms. The van der Waals surface area contributed by atoms with Crippen molar-refractivity contribution in [2.24, 2.45) is 0 Å². The van der Waals surface area contributed by atoms with Gasteiger partial charge in [-0.1, -0.05) is 6.07 Å². The fourth-order valence-electron chi connectivity index (χ4n) is 2.81. The fraction of sp³-hybridized carbons (Fsp3) is 0.273. The number of anilines is 1. The Balaban J connectivity index is 1.55. The van der Waals surface area contributed by atoms with E-state index in [-0.39, 0.29) is 18.0 Å². The van der Waals surface area contributed by atoms with Crippen molar-refractivity contribution in [3.8, 4) is 22.9 Å². The summed E-state index contributed by atoms with van der Waals surface area (Å²) in [5.74, 6) is -0.241. The molecule has 2 heterocycles. The van der Waals surface area contributed by atoms with Gasteiger partial charge in [-0.05, 0) is 36.8 Å². The van der Waals surface area contributed by atoms with Crippen molar-refractivity contribution in [2.75, 3.05) is 32.2 Å². The summed E-state index contributed by atoms with van der Waals surface area (Å²) >= 11 is 0. The maximum Gasteiger partial charge on any atom is 0.303 e. The molecule has 0 fully saturated rings. The summed E-state index contributed by atoms with van der Waals surface area (Å²) in [6, 6.07) is 12.0. The largest absolute Gasteiger partial charge is 0.494 e. The molecule has 3 N–H and O–H groups in total. The van der Waals surface area contributed by atoms with Crippen LogP contribution in [-0.2, 0) is 9.53 Å². The van der Waals surface area contributed by atoms with Gasteiger partial charge in [0.15, 0.2) is 0 Å². The van der Waals surface area contributed by atoms with Crippen LogP contribution in [-0.4, -0.2) is 59.1 Å². The molecule has 3 rings (SSSR count). The maximum absolute atomic E-state index is 12.7. The van der Waals surface area contributed by atoms with Gasteiger partial charge in [-0.2, -0.15) is 5.10 Å². The van der Waals surface area contributed by atoms with E-state index in [0.29, 0.717) is 54.8 Å². The number of aliphatic carboxylic acids is 1. The number of amides is 1. The lowest BCUT2D eigenvalue weighted by Gasteiger charge is -2.13. The van der Waals surface area contributed by atoms with E-state index in [1.165, 1.54) is 7.11 Å². The number of nitrogens with zero attached hydrogens (tertiary/aromatic N) is 2. The van der Waals surface area contributed by atoms with Crippen molar-refractivity contribution in [3.05, 3.63) is 54.4 Å². The zero-order chi connectivity index (χ0) is 22.8. The Hall–Kier alpha value is -3.92. The van der Waals surface area contributed by atoms with Crippen molar-refractivity contribution in [1.82, 2.24) is 15.2 Å². The van der Waals surface area contributed by atoms with Crippen molar-refractivity contribution >= 4 is 17.6 Å². The SMILES string of the molecule is COc1cc(OCCOCCCC(=O)O)ccc1NC(=O)c1cccc(-c2ccn[nH]2)n1. The molecule has 0 aliphatic carbocycles. The van der Waals surface area contributed by atoms with E-state index in [0.717, 1.165) is 0 Å². The molecule has 0 unspecified atom stereocenters. The number of carboxylic acids is 1. The minimum atomic E-state index is -0.842. The molecule has 0 bridgehead atoms. The van der Waals surface area contributed by atoms with Gasteiger partial charge in [0, 0.05) is 25.3 Å². The van der Waals surface area contributed by atoms with E-state index in [1.807, 2.05) is 0 Å². The normalized spacial score (nSPS) is 10.5. The predicted octanol–water partition coefficient (Wildman–Crippen LogP) is 2.99. The van der Waals surface area contributed by atoms with E-state index in [4.69, 9.17) is 19.3 Å². The van der Waals surface area contributed by atoms with Gasteiger partial charge < -0.3 is 24.6 Å². The number of aromatic nitrogens is 3. The first-order valence-electron chi connectivity index (χ1n) is 9.95. The topological polar surface area (TPSA) is 136 Å². The Labute approximate surface area is 184 Å². The van der Waals surface area contributed by atoms with E-state index in [2.05, 4.69) is 20.5 Å². The minimum Gasteiger partial charge on any atom is -0.494 e. The van der Waals surface area contributed by atoms with Crippen molar-refractivity contribution < 1.29 is 28.9 Å². The summed E-state index contributed by atoms with van der Waals surface area (Å²) in [7, 11) is 1.50. The highest BCUT2D eigenvalue weighted by atomic mass is 16.5. The summed E-state index contributed by atoms with van der Waals surface area (Å²) in [5.41, 5.74) is 2.05. The van der Waals surface area contributed by atoms with Crippen LogP contribution in [0.5, 0.6) is 11.5 Å². The highest BCUT2D eigenvalue weighted by molar-refractivity contribution is 6.04. The number of methoxy groups -OCH3 is 1. The first-order chi connectivity index (χ1) is 15.6. The molecule has 3 aromatic rings. The van der Waals surface area contributed by atoms with E-state index < -0.39 is 5.97 Å². The third-order valence-corrected chi connectivity index (χ3v) is 4.36. The molecule has 10 heteroatoms. The van der Waals surface area contributed by atoms with Crippen LogP contribution < -0.4 is 14.8 Å². The second-order valence-electron chi connectivity index (χ2n) is 6.65. The number of carboxylic acid groups (broad SMARTS) is 1. The van der Waals surface area contributed by atoms with Gasteiger partial charge in [-0.15, -0.1) is 0 Å². The van der Waals surface area contributed by atoms with Crippen LogP contribution in [0.2, 0.25) is 0 Å². The van der Waals surface area contributed by atoms with Gasteiger partial charge in [0.25, 0.3) is 5.91 Å². The number of aromatic amines is 1. The quantitative estimate of drug-likeness (QED) is 0.366. The molecule has 168 valence electrons. The van der Waals surface area contributed by atoms with Crippen LogP contribution >= 0.6 is 0 Å². The highest BCUT2D eigenvalue weighted by Gasteiger charge is 2.13. The van der Waals surface area contributed by atoms with Crippen LogP contribution in [0, 0.1) is 0 Å². The van der Waals surface area contributed by atoms with E-state index in [9.17, 15) is 9.59 Å². The number of carbonyl (C=O) groups excluding carboxylic acids is 1. The smallest absolute Gasteiger partial charge is 0.303 e. The summed E-state index contributed by atoms with van der Waals surface area (Å²) in [5, 5.41) is 18.1. The number of carbonyl (C=O) groups is 2. The lowest BCUT2D eigenvalue weighted by molar-refractivity contribution is -0.137. The second kappa shape index (κ2) is 11.5. The minimum absolute atomic E-state index is 0.0776. The summed E-state index contributed by atoms with van der Waals surface area (Å²) < 4.78 is 16.3. The van der Waals surface area contributed by atoms with Crippen LogP contribution in [0.15, 0.2) is 48.7 Å². The third-order valence-electron chi connectivity index (χ3n) is 4.36. The predicted molar refractivity (Wildman–Crippen MR) is 116 cm³/mol. The van der Waals surface area contributed by atoms with E-state index >= 15 is 0 Å². The third kappa shape index (κ3) is 6.54. The zero-order valence-corrected chi connectivity index (χ0v) is 17.5. The Morgan fingerprint density at radius 3 is 2.75 bits per heavy atom. The first-order valence-corrected chi connectivity index (χ1v) is 9.95. The average Bonchev–Trinajstić information content (AvgIpc) is 3.34. The van der Waals surface area contributed by atoms with Gasteiger partial charge in [0.1, 0.15) is 23.8 Å².